The van der Waals surface area contributed by atoms with Crippen LogP contribution in [0.5, 0.6) is 0 Å². The lowest BCUT2D eigenvalue weighted by Crippen LogP contribution is -2.27. The van der Waals surface area contributed by atoms with Crippen molar-refractivity contribution in [3.63, 3.8) is 0 Å². The predicted molar refractivity (Wildman–Crippen MR) is 74.2 cm³/mol. The van der Waals surface area contributed by atoms with Gasteiger partial charge in [0, 0.05) is 25.8 Å². The van der Waals surface area contributed by atoms with Gasteiger partial charge in [0.2, 0.25) is 0 Å². The van der Waals surface area contributed by atoms with Crippen LogP contribution in [0, 0.1) is 6.92 Å². The van der Waals surface area contributed by atoms with Crippen LogP contribution in [0.15, 0.2) is 6.20 Å². The first-order valence-corrected chi connectivity index (χ1v) is 6.77. The number of hydrogen-bond acceptors (Lipinski definition) is 4. The zero-order chi connectivity index (χ0) is 14.3. The van der Waals surface area contributed by atoms with Crippen molar-refractivity contribution in [3.8, 4) is 0 Å². The highest BCUT2D eigenvalue weighted by molar-refractivity contribution is 5.94. The van der Waals surface area contributed by atoms with Gasteiger partial charge in [-0.05, 0) is 27.2 Å². The minimum atomic E-state index is -0.121. The van der Waals surface area contributed by atoms with Gasteiger partial charge in [0.1, 0.15) is 5.82 Å². The smallest absolute Gasteiger partial charge is 0.254 e. The van der Waals surface area contributed by atoms with Gasteiger partial charge in [0.15, 0.2) is 0 Å². The second-order valence-electron chi connectivity index (χ2n) is 4.67. The van der Waals surface area contributed by atoms with E-state index in [1.54, 1.807) is 6.20 Å². The zero-order valence-corrected chi connectivity index (χ0v) is 12.2. The van der Waals surface area contributed by atoms with Gasteiger partial charge >= 0.3 is 0 Å². The minimum Gasteiger partial charge on any atom is -0.379 e. The van der Waals surface area contributed by atoms with E-state index in [2.05, 4.69) is 15.3 Å². The molecule has 0 aromatic carbocycles. The first-order valence-electron chi connectivity index (χ1n) is 6.77. The van der Waals surface area contributed by atoms with Crippen LogP contribution in [0.4, 0.5) is 0 Å². The fourth-order valence-electron chi connectivity index (χ4n) is 1.60. The van der Waals surface area contributed by atoms with Crippen LogP contribution in [0.1, 0.15) is 49.1 Å². The molecule has 1 N–H and O–H groups in total. The standard InChI is InChI=1S/C14H23N3O2/c1-5-13-16-9-12(11(4)17-13)14(18)15-7-6-8-19-10(2)3/h9-10H,5-8H2,1-4H3,(H,15,18). The van der Waals surface area contributed by atoms with Gasteiger partial charge in [-0.25, -0.2) is 9.97 Å². The monoisotopic (exact) mass is 265 g/mol. The molecule has 106 valence electrons. The van der Waals surface area contributed by atoms with E-state index in [1.165, 1.54) is 0 Å². The number of hydrogen-bond donors (Lipinski definition) is 1. The summed E-state index contributed by atoms with van der Waals surface area (Å²) in [5, 5.41) is 2.85. The topological polar surface area (TPSA) is 64.1 Å². The number of amides is 1. The summed E-state index contributed by atoms with van der Waals surface area (Å²) in [6.07, 6.45) is 3.40. The molecule has 0 saturated carbocycles. The van der Waals surface area contributed by atoms with Crippen LogP contribution >= 0.6 is 0 Å². The summed E-state index contributed by atoms with van der Waals surface area (Å²) >= 11 is 0. The van der Waals surface area contributed by atoms with Crippen LogP contribution in [0.2, 0.25) is 0 Å². The summed E-state index contributed by atoms with van der Waals surface area (Å²) in [5.74, 6) is 0.643. The molecule has 0 unspecified atom stereocenters. The Morgan fingerprint density at radius 2 is 2.21 bits per heavy atom. The number of ether oxygens (including phenoxy) is 1. The average molecular weight is 265 g/mol. The Labute approximate surface area is 114 Å². The van der Waals surface area contributed by atoms with E-state index in [1.807, 2.05) is 27.7 Å². The molecule has 0 radical (unpaired) electrons. The maximum absolute atomic E-state index is 11.9. The van der Waals surface area contributed by atoms with Crippen LogP contribution in [0.3, 0.4) is 0 Å². The lowest BCUT2D eigenvalue weighted by Gasteiger charge is -2.09. The average Bonchev–Trinajstić information content (AvgIpc) is 2.37. The fourth-order valence-corrected chi connectivity index (χ4v) is 1.60. The molecular weight excluding hydrogens is 242 g/mol. The molecule has 0 saturated heterocycles. The lowest BCUT2D eigenvalue weighted by atomic mass is 10.2. The largest absolute Gasteiger partial charge is 0.379 e. The molecule has 19 heavy (non-hydrogen) atoms. The van der Waals surface area contributed by atoms with Crippen molar-refractivity contribution in [2.24, 2.45) is 0 Å². The highest BCUT2D eigenvalue weighted by atomic mass is 16.5. The van der Waals surface area contributed by atoms with Crippen LogP contribution in [-0.2, 0) is 11.2 Å². The van der Waals surface area contributed by atoms with E-state index in [0.29, 0.717) is 18.7 Å². The van der Waals surface area contributed by atoms with Gasteiger partial charge in [-0.2, -0.15) is 0 Å². The molecule has 0 atom stereocenters. The minimum absolute atomic E-state index is 0.121. The van der Waals surface area contributed by atoms with Gasteiger partial charge in [-0.3, -0.25) is 4.79 Å². The third kappa shape index (κ3) is 5.34. The van der Waals surface area contributed by atoms with Crippen molar-refractivity contribution < 1.29 is 9.53 Å². The molecular formula is C14H23N3O2. The van der Waals surface area contributed by atoms with Crippen molar-refractivity contribution in [1.82, 2.24) is 15.3 Å². The molecule has 0 aliphatic rings. The quantitative estimate of drug-likeness (QED) is 0.765. The predicted octanol–water partition coefficient (Wildman–Crippen LogP) is 1.89. The third-order valence-electron chi connectivity index (χ3n) is 2.65. The molecule has 0 bridgehead atoms. The van der Waals surface area contributed by atoms with Crippen LogP contribution in [0.25, 0.3) is 0 Å². The third-order valence-corrected chi connectivity index (χ3v) is 2.65. The Morgan fingerprint density at radius 3 is 2.79 bits per heavy atom. The Kier molecular flexibility index (Phi) is 6.42. The number of carbonyl (C=O) groups excluding carboxylic acids is 1. The molecule has 0 fully saturated rings. The maximum Gasteiger partial charge on any atom is 0.254 e. The summed E-state index contributed by atoms with van der Waals surface area (Å²) < 4.78 is 5.41. The van der Waals surface area contributed by atoms with E-state index >= 15 is 0 Å². The van der Waals surface area contributed by atoms with Gasteiger partial charge in [-0.1, -0.05) is 6.92 Å². The van der Waals surface area contributed by atoms with E-state index in [-0.39, 0.29) is 12.0 Å². The molecule has 5 nitrogen and oxygen atoms in total. The molecule has 1 heterocycles. The molecule has 1 amide bonds. The van der Waals surface area contributed by atoms with Crippen molar-refractivity contribution in [2.45, 2.75) is 46.6 Å². The SMILES string of the molecule is CCc1ncc(C(=O)NCCCOC(C)C)c(C)n1. The van der Waals surface area contributed by atoms with Crippen molar-refractivity contribution in [3.05, 3.63) is 23.3 Å². The molecule has 1 aromatic heterocycles. The van der Waals surface area contributed by atoms with E-state index < -0.39 is 0 Å². The molecule has 0 aliphatic heterocycles. The Morgan fingerprint density at radius 1 is 1.47 bits per heavy atom. The lowest BCUT2D eigenvalue weighted by molar-refractivity contribution is 0.0757. The Bertz CT molecular complexity index is 419. The normalized spacial score (nSPS) is 10.8. The zero-order valence-electron chi connectivity index (χ0n) is 12.2. The van der Waals surface area contributed by atoms with Gasteiger partial charge < -0.3 is 10.1 Å². The summed E-state index contributed by atoms with van der Waals surface area (Å²) in [5.41, 5.74) is 1.27. The first kappa shape index (κ1) is 15.6. The highest BCUT2D eigenvalue weighted by Crippen LogP contribution is 2.04. The summed E-state index contributed by atoms with van der Waals surface area (Å²) in [7, 11) is 0. The number of aryl methyl sites for hydroxylation is 2. The second-order valence-corrected chi connectivity index (χ2v) is 4.67. The van der Waals surface area contributed by atoms with Crippen LogP contribution < -0.4 is 5.32 Å². The molecule has 1 aromatic rings. The van der Waals surface area contributed by atoms with Gasteiger partial charge in [0.05, 0.1) is 17.4 Å². The van der Waals surface area contributed by atoms with Gasteiger partial charge in [0.25, 0.3) is 5.91 Å². The summed E-state index contributed by atoms with van der Waals surface area (Å²) in [6, 6.07) is 0. The Balaban J connectivity index is 2.41. The number of aromatic nitrogens is 2. The Hall–Kier alpha value is -1.49. The number of nitrogens with one attached hydrogen (secondary N) is 1. The molecule has 0 spiro atoms. The highest BCUT2D eigenvalue weighted by Gasteiger charge is 2.10. The molecule has 5 heteroatoms. The summed E-state index contributed by atoms with van der Waals surface area (Å²) in [6.45, 7) is 9.06. The van der Waals surface area contributed by atoms with E-state index in [4.69, 9.17) is 4.74 Å². The first-order chi connectivity index (χ1) is 9.04. The number of carbonyl (C=O) groups is 1. The fraction of sp³-hybridized carbons (Fsp3) is 0.643. The number of rotatable bonds is 7. The number of nitrogens with zero attached hydrogens (tertiary/aromatic N) is 2. The van der Waals surface area contributed by atoms with Crippen molar-refractivity contribution in [1.29, 1.82) is 0 Å². The van der Waals surface area contributed by atoms with E-state index in [9.17, 15) is 4.79 Å². The van der Waals surface area contributed by atoms with Gasteiger partial charge in [-0.15, -0.1) is 0 Å². The van der Waals surface area contributed by atoms with Crippen LogP contribution in [-0.4, -0.2) is 35.1 Å². The van der Waals surface area contributed by atoms with E-state index in [0.717, 1.165) is 24.4 Å². The maximum atomic E-state index is 11.9. The second kappa shape index (κ2) is 7.84. The van der Waals surface area contributed by atoms with Crippen molar-refractivity contribution in [2.75, 3.05) is 13.2 Å². The molecule has 1 rings (SSSR count). The van der Waals surface area contributed by atoms with Crippen molar-refractivity contribution >= 4 is 5.91 Å². The summed E-state index contributed by atoms with van der Waals surface area (Å²) in [4.78, 5) is 20.4. The molecule has 0 aliphatic carbocycles.